The Balaban J connectivity index is 0.000000402. The monoisotopic (exact) mass is 550 g/mol. The van der Waals surface area contributed by atoms with Gasteiger partial charge in [-0.2, -0.15) is 0 Å². The number of allylic oxidation sites excluding steroid dienone is 2. The third kappa shape index (κ3) is 16.4. The molecule has 0 aliphatic rings. The summed E-state index contributed by atoms with van der Waals surface area (Å²) < 4.78 is 10.8. The summed E-state index contributed by atoms with van der Waals surface area (Å²) in [4.78, 5) is 43.0. The standard InChI is InChI=1S/C18H24O3.C16H22O3/c1-15(14-17-10-6-5-7-11-17)18(21-16(2)20)12-8-3-4-9-13-19;1-13(12-15-8-4-3-5-9-15)16(19-14(2)18)10-6-7-11-17/h4-7,9-11,13,15,18H,3,8,12,14H2,1-2H3;3-5,8-9,11,13,16H,6-7,10,12H2,1-2H3/b9-4+;/t15-,18-;13-,16-/m11/s1. The summed E-state index contributed by atoms with van der Waals surface area (Å²) in [5.74, 6) is 0.0312. The number of aldehydes is 2. The van der Waals surface area contributed by atoms with Gasteiger partial charge in [-0.25, -0.2) is 0 Å². The molecule has 218 valence electrons. The van der Waals surface area contributed by atoms with E-state index in [-0.39, 0.29) is 36.0 Å². The van der Waals surface area contributed by atoms with Crippen molar-refractivity contribution in [2.75, 3.05) is 0 Å². The first-order chi connectivity index (χ1) is 19.3. The predicted molar refractivity (Wildman–Crippen MR) is 159 cm³/mol. The van der Waals surface area contributed by atoms with Gasteiger partial charge in [-0.05, 0) is 74.0 Å². The number of benzene rings is 2. The van der Waals surface area contributed by atoms with Crippen LogP contribution in [0.2, 0.25) is 0 Å². The molecule has 6 nitrogen and oxygen atoms in total. The second kappa shape index (κ2) is 21.3. The number of esters is 2. The maximum absolute atomic E-state index is 11.3. The van der Waals surface area contributed by atoms with Crippen LogP contribution in [0, 0.1) is 11.8 Å². The smallest absolute Gasteiger partial charge is 0.302 e. The van der Waals surface area contributed by atoms with Crippen molar-refractivity contribution in [3.05, 3.63) is 83.9 Å². The first kappa shape index (κ1) is 34.5. The highest BCUT2D eigenvalue weighted by atomic mass is 16.5. The van der Waals surface area contributed by atoms with Gasteiger partial charge in [0.1, 0.15) is 24.8 Å². The van der Waals surface area contributed by atoms with E-state index in [1.165, 1.54) is 31.1 Å². The van der Waals surface area contributed by atoms with E-state index in [9.17, 15) is 19.2 Å². The first-order valence-corrected chi connectivity index (χ1v) is 14.2. The lowest BCUT2D eigenvalue weighted by Crippen LogP contribution is -2.25. The van der Waals surface area contributed by atoms with Crippen LogP contribution in [0.15, 0.2) is 72.8 Å². The molecule has 0 radical (unpaired) electrons. The highest BCUT2D eigenvalue weighted by Gasteiger charge is 2.21. The summed E-state index contributed by atoms with van der Waals surface area (Å²) in [6.45, 7) is 7.08. The zero-order chi connectivity index (χ0) is 29.6. The Kier molecular flexibility index (Phi) is 18.4. The minimum atomic E-state index is -0.254. The van der Waals surface area contributed by atoms with Gasteiger partial charge >= 0.3 is 11.9 Å². The third-order valence-corrected chi connectivity index (χ3v) is 6.59. The van der Waals surface area contributed by atoms with Gasteiger partial charge in [0.15, 0.2) is 0 Å². The van der Waals surface area contributed by atoms with Gasteiger partial charge in [0.25, 0.3) is 0 Å². The Labute approximate surface area is 240 Å². The Morgan fingerprint density at radius 2 is 1.12 bits per heavy atom. The average Bonchev–Trinajstić information content (AvgIpc) is 2.93. The second-order valence-electron chi connectivity index (χ2n) is 10.2. The zero-order valence-corrected chi connectivity index (χ0v) is 24.5. The molecule has 2 aromatic rings. The molecule has 0 amide bonds. The molecule has 0 saturated carbocycles. The summed E-state index contributed by atoms with van der Waals surface area (Å²) in [6, 6.07) is 20.4. The van der Waals surface area contributed by atoms with E-state index in [0.717, 1.165) is 57.5 Å². The summed E-state index contributed by atoms with van der Waals surface area (Å²) in [7, 11) is 0. The molecule has 40 heavy (non-hydrogen) atoms. The molecule has 0 N–H and O–H groups in total. The molecule has 2 aromatic carbocycles. The molecule has 0 aromatic heterocycles. The molecule has 2 rings (SSSR count). The molecular formula is C34H46O6. The maximum Gasteiger partial charge on any atom is 0.302 e. The number of ether oxygens (including phenoxy) is 2. The number of carbonyl (C=O) groups excluding carboxylic acids is 4. The largest absolute Gasteiger partial charge is 0.462 e. The predicted octanol–water partition coefficient (Wildman–Crippen LogP) is 6.89. The lowest BCUT2D eigenvalue weighted by molar-refractivity contribution is -0.150. The van der Waals surface area contributed by atoms with Crippen molar-refractivity contribution in [2.24, 2.45) is 11.8 Å². The van der Waals surface area contributed by atoms with Crippen LogP contribution >= 0.6 is 0 Å². The van der Waals surface area contributed by atoms with Crippen LogP contribution in [0.25, 0.3) is 0 Å². The van der Waals surface area contributed by atoms with Crippen molar-refractivity contribution in [3.8, 4) is 0 Å². The van der Waals surface area contributed by atoms with Crippen molar-refractivity contribution >= 4 is 24.5 Å². The van der Waals surface area contributed by atoms with Crippen molar-refractivity contribution < 1.29 is 28.7 Å². The minimum absolute atomic E-state index is 0.0765. The van der Waals surface area contributed by atoms with Gasteiger partial charge in [-0.1, -0.05) is 80.6 Å². The molecule has 0 fully saturated rings. The fourth-order valence-corrected chi connectivity index (χ4v) is 4.57. The maximum atomic E-state index is 11.3. The van der Waals surface area contributed by atoms with Crippen LogP contribution in [0.4, 0.5) is 0 Å². The van der Waals surface area contributed by atoms with Crippen molar-refractivity contribution in [1.82, 2.24) is 0 Å². The van der Waals surface area contributed by atoms with E-state index >= 15 is 0 Å². The van der Waals surface area contributed by atoms with E-state index in [4.69, 9.17) is 9.47 Å². The van der Waals surface area contributed by atoms with E-state index in [2.05, 4.69) is 38.1 Å². The fraction of sp³-hybridized carbons (Fsp3) is 0.471. The fourth-order valence-electron chi connectivity index (χ4n) is 4.57. The second-order valence-corrected chi connectivity index (χ2v) is 10.2. The van der Waals surface area contributed by atoms with Gasteiger partial charge in [0.2, 0.25) is 0 Å². The Morgan fingerprint density at radius 1 is 0.700 bits per heavy atom. The normalized spacial score (nSPS) is 13.7. The quantitative estimate of drug-likeness (QED) is 0.0923. The topological polar surface area (TPSA) is 86.7 Å². The lowest BCUT2D eigenvalue weighted by atomic mass is 9.92. The molecule has 0 bridgehead atoms. The average molecular weight is 551 g/mol. The summed E-state index contributed by atoms with van der Waals surface area (Å²) >= 11 is 0. The zero-order valence-electron chi connectivity index (χ0n) is 24.5. The van der Waals surface area contributed by atoms with Gasteiger partial charge in [0.05, 0.1) is 0 Å². The number of carbonyl (C=O) groups is 4. The van der Waals surface area contributed by atoms with Gasteiger partial charge in [0, 0.05) is 20.3 Å². The van der Waals surface area contributed by atoms with Gasteiger partial charge < -0.3 is 14.3 Å². The Morgan fingerprint density at radius 3 is 1.50 bits per heavy atom. The Hall–Kier alpha value is -3.54. The first-order valence-electron chi connectivity index (χ1n) is 14.2. The van der Waals surface area contributed by atoms with Crippen molar-refractivity contribution in [1.29, 1.82) is 0 Å². The van der Waals surface area contributed by atoms with E-state index in [1.54, 1.807) is 0 Å². The summed E-state index contributed by atoms with van der Waals surface area (Å²) in [5, 5.41) is 0. The number of rotatable bonds is 17. The van der Waals surface area contributed by atoms with Crippen LogP contribution in [-0.2, 0) is 41.5 Å². The van der Waals surface area contributed by atoms with Crippen molar-refractivity contribution in [2.45, 2.75) is 91.3 Å². The van der Waals surface area contributed by atoms with Gasteiger partial charge in [-0.15, -0.1) is 0 Å². The van der Waals surface area contributed by atoms with E-state index < -0.39 is 0 Å². The molecule has 0 aliphatic heterocycles. The molecule has 4 atom stereocenters. The molecule has 0 heterocycles. The number of hydrogen-bond acceptors (Lipinski definition) is 6. The van der Waals surface area contributed by atoms with Crippen LogP contribution in [0.1, 0.15) is 77.3 Å². The number of unbranched alkanes of at least 4 members (excludes halogenated alkanes) is 2. The molecule has 0 unspecified atom stereocenters. The van der Waals surface area contributed by atoms with Gasteiger partial charge in [-0.3, -0.25) is 14.4 Å². The SMILES string of the molecule is CC(=O)O[C@H](CCC/C=C/C=O)[C@H](C)Cc1ccccc1.CC(=O)O[C@H](CCCC=O)[C@H](C)Cc1ccccc1. The highest BCUT2D eigenvalue weighted by molar-refractivity contribution is 5.66. The minimum Gasteiger partial charge on any atom is -0.462 e. The third-order valence-electron chi connectivity index (χ3n) is 6.59. The summed E-state index contributed by atoms with van der Waals surface area (Å²) in [5.41, 5.74) is 2.49. The van der Waals surface area contributed by atoms with E-state index in [1.807, 2.05) is 42.5 Å². The van der Waals surface area contributed by atoms with Crippen molar-refractivity contribution in [3.63, 3.8) is 0 Å². The molecule has 0 saturated heterocycles. The van der Waals surface area contributed by atoms with E-state index in [0.29, 0.717) is 6.42 Å². The van der Waals surface area contributed by atoms with Crippen LogP contribution in [0.3, 0.4) is 0 Å². The highest BCUT2D eigenvalue weighted by Crippen LogP contribution is 2.21. The van der Waals surface area contributed by atoms with Crippen LogP contribution < -0.4 is 0 Å². The molecule has 6 heteroatoms. The number of hydrogen-bond donors (Lipinski definition) is 0. The molecule has 0 spiro atoms. The van der Waals surface area contributed by atoms with Crippen LogP contribution in [-0.4, -0.2) is 36.7 Å². The Bertz CT molecular complexity index is 1000. The summed E-state index contributed by atoms with van der Waals surface area (Å²) in [6.07, 6.45) is 11.2. The lowest BCUT2D eigenvalue weighted by Gasteiger charge is -2.23. The van der Waals surface area contributed by atoms with Crippen LogP contribution in [0.5, 0.6) is 0 Å². The molecular weight excluding hydrogens is 504 g/mol. The molecule has 0 aliphatic carbocycles.